The number of nitrogens with zero attached hydrogens (tertiary/aromatic N) is 2. The molecule has 6 rings (SSSR count). The Hall–Kier alpha value is -2.41. The lowest BCUT2D eigenvalue weighted by Gasteiger charge is -2.26. The third-order valence-corrected chi connectivity index (χ3v) is 6.77. The first-order valence-corrected chi connectivity index (χ1v) is 10.1. The van der Waals surface area contributed by atoms with Gasteiger partial charge < -0.3 is 9.57 Å². The summed E-state index contributed by atoms with van der Waals surface area (Å²) in [5, 5.41) is 5.44. The Morgan fingerprint density at radius 3 is 2.00 bits per heavy atom. The van der Waals surface area contributed by atoms with Crippen LogP contribution in [0.1, 0.15) is 5.56 Å². The van der Waals surface area contributed by atoms with E-state index in [1.165, 1.54) is 4.90 Å². The van der Waals surface area contributed by atoms with Gasteiger partial charge in [-0.25, -0.2) is 4.90 Å². The molecule has 6 nitrogen and oxygen atoms in total. The van der Waals surface area contributed by atoms with Crippen LogP contribution in [0.15, 0.2) is 53.7 Å². The summed E-state index contributed by atoms with van der Waals surface area (Å²) in [5.41, 5.74) is 2.14. The van der Waals surface area contributed by atoms with E-state index in [2.05, 4.69) is 5.16 Å². The first-order chi connectivity index (χ1) is 14.0. The van der Waals surface area contributed by atoms with Gasteiger partial charge in [-0.1, -0.05) is 40.5 Å². The van der Waals surface area contributed by atoms with E-state index < -0.39 is 24.0 Å². The first-order valence-electron chi connectivity index (χ1n) is 9.33. The van der Waals surface area contributed by atoms with Crippen LogP contribution < -0.4 is 4.90 Å². The van der Waals surface area contributed by atoms with Crippen molar-refractivity contribution in [3.8, 4) is 0 Å². The molecule has 2 amide bonds. The predicted molar refractivity (Wildman–Crippen MR) is 106 cm³/mol. The Kier molecular flexibility index (Phi) is 3.64. The molecule has 8 heteroatoms. The number of benzene rings is 2. The summed E-state index contributed by atoms with van der Waals surface area (Å²) in [6.45, 7) is 0. The number of ether oxygens (including phenoxy) is 1. The van der Waals surface area contributed by atoms with Crippen molar-refractivity contribution in [3.05, 3.63) is 64.1 Å². The van der Waals surface area contributed by atoms with E-state index in [9.17, 15) is 9.59 Å². The smallest absolute Gasteiger partial charge is 0.240 e. The molecule has 4 aliphatic heterocycles. The zero-order valence-electron chi connectivity index (χ0n) is 14.9. The molecule has 0 N–H and O–H groups in total. The van der Waals surface area contributed by atoms with E-state index in [-0.39, 0.29) is 23.8 Å². The molecule has 0 radical (unpaired) electrons. The topological polar surface area (TPSA) is 68.2 Å². The van der Waals surface area contributed by atoms with Crippen LogP contribution in [-0.4, -0.2) is 35.8 Å². The highest BCUT2D eigenvalue weighted by atomic mass is 35.5. The monoisotopic (exact) mass is 428 g/mol. The van der Waals surface area contributed by atoms with Crippen LogP contribution in [0.25, 0.3) is 0 Å². The van der Waals surface area contributed by atoms with Gasteiger partial charge in [-0.05, 0) is 42.0 Å². The predicted octanol–water partition coefficient (Wildman–Crippen LogP) is 3.30. The van der Waals surface area contributed by atoms with Gasteiger partial charge in [0.15, 0.2) is 6.10 Å². The van der Waals surface area contributed by atoms with Gasteiger partial charge in [-0.2, -0.15) is 0 Å². The van der Waals surface area contributed by atoms with Crippen LogP contribution in [-0.2, 0) is 19.2 Å². The summed E-state index contributed by atoms with van der Waals surface area (Å²) < 4.78 is 6.10. The molecule has 4 heterocycles. The van der Waals surface area contributed by atoms with Gasteiger partial charge in [-0.3, -0.25) is 9.59 Å². The minimum atomic E-state index is -0.552. The summed E-state index contributed by atoms with van der Waals surface area (Å²) in [6, 6.07) is 14.0. The van der Waals surface area contributed by atoms with Gasteiger partial charge >= 0.3 is 0 Å². The van der Waals surface area contributed by atoms with Crippen LogP contribution >= 0.6 is 23.2 Å². The number of hydrogen-bond donors (Lipinski definition) is 0. The fourth-order valence-electron chi connectivity index (χ4n) is 5.06. The average molecular weight is 429 g/mol. The van der Waals surface area contributed by atoms with Crippen LogP contribution in [0.4, 0.5) is 5.69 Å². The number of anilines is 1. The van der Waals surface area contributed by atoms with Crippen LogP contribution in [0.3, 0.4) is 0 Å². The average Bonchev–Trinajstić information content (AvgIpc) is 3.44. The number of fused-ring (bicyclic) bond motifs is 8. The molecule has 2 aromatic rings. The molecule has 3 fully saturated rings. The Balaban J connectivity index is 1.35. The van der Waals surface area contributed by atoms with Gasteiger partial charge in [0.05, 0.1) is 35.3 Å². The van der Waals surface area contributed by atoms with E-state index >= 15 is 0 Å². The van der Waals surface area contributed by atoms with Gasteiger partial charge in [0.2, 0.25) is 11.8 Å². The normalized spacial score (nSPS) is 34.3. The lowest BCUT2D eigenvalue weighted by atomic mass is 9.71. The van der Waals surface area contributed by atoms with Crippen LogP contribution in [0.5, 0.6) is 0 Å². The third kappa shape index (κ3) is 2.31. The maximum Gasteiger partial charge on any atom is 0.240 e. The molecule has 146 valence electrons. The van der Waals surface area contributed by atoms with Crippen molar-refractivity contribution in [1.29, 1.82) is 0 Å². The number of oxime groups is 1. The standard InChI is InChI=1S/C21H14Cl2N2O4/c22-10-3-1-9(2-4-10)16-15-17-13-14(18(28-17)19(15)29-24-16)21(27)25(20(13)26)12-7-5-11(23)6-8-12/h1-8,13-15,17-19H/t13-,14+,15-,17+,18-,19-/m0/s1. The molecular weight excluding hydrogens is 415 g/mol. The molecule has 0 spiro atoms. The Bertz CT molecular complexity index is 1070. The second-order valence-corrected chi connectivity index (χ2v) is 8.56. The van der Waals surface area contributed by atoms with E-state index in [1.807, 2.05) is 12.1 Å². The molecule has 0 saturated carbocycles. The highest BCUT2D eigenvalue weighted by Gasteiger charge is 2.72. The fraction of sp³-hybridized carbons (Fsp3) is 0.286. The second kappa shape index (κ2) is 6.05. The molecular formula is C21H14Cl2N2O4. The number of amides is 2. The minimum Gasteiger partial charge on any atom is -0.389 e. The molecule has 0 unspecified atom stereocenters. The Morgan fingerprint density at radius 2 is 1.34 bits per heavy atom. The number of halogens is 2. The lowest BCUT2D eigenvalue weighted by Crippen LogP contribution is -2.45. The number of hydrogen-bond acceptors (Lipinski definition) is 5. The lowest BCUT2D eigenvalue weighted by molar-refractivity contribution is -0.125. The largest absolute Gasteiger partial charge is 0.389 e. The van der Waals surface area contributed by atoms with Crippen molar-refractivity contribution in [2.75, 3.05) is 4.90 Å². The Labute approximate surface area is 176 Å². The van der Waals surface area contributed by atoms with Crippen molar-refractivity contribution < 1.29 is 19.2 Å². The minimum absolute atomic E-state index is 0.190. The second-order valence-electron chi connectivity index (χ2n) is 7.68. The summed E-state index contributed by atoms with van der Waals surface area (Å²) >= 11 is 11.9. The zero-order chi connectivity index (χ0) is 19.9. The van der Waals surface area contributed by atoms with Crippen molar-refractivity contribution in [2.45, 2.75) is 18.3 Å². The summed E-state index contributed by atoms with van der Waals surface area (Å²) in [7, 11) is 0. The highest BCUT2D eigenvalue weighted by molar-refractivity contribution is 6.31. The molecule has 2 aromatic carbocycles. The van der Waals surface area contributed by atoms with Crippen LogP contribution in [0.2, 0.25) is 10.0 Å². The van der Waals surface area contributed by atoms with Crippen molar-refractivity contribution in [2.24, 2.45) is 22.9 Å². The molecule has 3 saturated heterocycles. The summed E-state index contributed by atoms with van der Waals surface area (Å²) in [4.78, 5) is 33.3. The molecule has 4 aliphatic rings. The van der Waals surface area contributed by atoms with E-state index in [0.29, 0.717) is 15.7 Å². The summed E-state index contributed by atoms with van der Waals surface area (Å²) in [5.74, 6) is -1.77. The van der Waals surface area contributed by atoms with E-state index in [0.717, 1.165) is 11.3 Å². The number of imide groups is 1. The maximum absolute atomic E-state index is 13.2. The zero-order valence-corrected chi connectivity index (χ0v) is 16.4. The van der Waals surface area contributed by atoms with Crippen molar-refractivity contribution in [3.63, 3.8) is 0 Å². The molecule has 0 aliphatic carbocycles. The number of carbonyl (C=O) groups is 2. The Morgan fingerprint density at radius 1 is 0.759 bits per heavy atom. The fourth-order valence-corrected chi connectivity index (χ4v) is 5.31. The van der Waals surface area contributed by atoms with Gasteiger partial charge in [0.25, 0.3) is 0 Å². The van der Waals surface area contributed by atoms with Crippen molar-refractivity contribution in [1.82, 2.24) is 0 Å². The van der Waals surface area contributed by atoms with E-state index in [4.69, 9.17) is 32.8 Å². The van der Waals surface area contributed by atoms with Crippen molar-refractivity contribution >= 4 is 46.4 Å². The third-order valence-electron chi connectivity index (χ3n) is 6.27. The van der Waals surface area contributed by atoms with Gasteiger partial charge in [-0.15, -0.1) is 0 Å². The number of rotatable bonds is 2. The maximum atomic E-state index is 13.2. The summed E-state index contributed by atoms with van der Waals surface area (Å²) in [6.07, 6.45) is -1.30. The molecule has 2 bridgehead atoms. The first kappa shape index (κ1) is 17.4. The molecule has 29 heavy (non-hydrogen) atoms. The van der Waals surface area contributed by atoms with Crippen LogP contribution in [0, 0.1) is 17.8 Å². The number of carbonyl (C=O) groups excluding carboxylic acids is 2. The molecule has 6 atom stereocenters. The quantitative estimate of drug-likeness (QED) is 0.688. The van der Waals surface area contributed by atoms with E-state index in [1.54, 1.807) is 36.4 Å². The highest BCUT2D eigenvalue weighted by Crippen LogP contribution is 2.55. The molecule has 0 aromatic heterocycles. The van der Waals surface area contributed by atoms with Gasteiger partial charge in [0.1, 0.15) is 6.10 Å². The SMILES string of the molecule is O=C1[C@@H]2[C@H]3O[C@H]([C@H]4ON=C(c5ccc(Cl)cc5)[C@H]43)[C@@H]2C(=O)N1c1ccc(Cl)cc1. The van der Waals surface area contributed by atoms with Gasteiger partial charge in [0, 0.05) is 10.0 Å².